The first-order chi connectivity index (χ1) is 15.8. The third kappa shape index (κ3) is 5.04. The molecule has 0 saturated carbocycles. The molecule has 1 unspecified atom stereocenters. The monoisotopic (exact) mass is 479 g/mol. The Morgan fingerprint density at radius 2 is 1.61 bits per heavy atom. The molecule has 0 fully saturated rings. The molecule has 0 saturated heterocycles. The van der Waals surface area contributed by atoms with Crippen LogP contribution in [0.15, 0.2) is 77.7 Å². The summed E-state index contributed by atoms with van der Waals surface area (Å²) in [6.07, 6.45) is 0. The number of nitrogens with one attached hydrogen (secondary N) is 1. The predicted molar refractivity (Wildman–Crippen MR) is 132 cm³/mol. The highest BCUT2D eigenvalue weighted by molar-refractivity contribution is 7.89. The van der Waals surface area contributed by atoms with Crippen LogP contribution in [-0.2, 0) is 16.6 Å². The lowest BCUT2D eigenvalue weighted by molar-refractivity contribution is 0.0953. The van der Waals surface area contributed by atoms with E-state index in [1.165, 1.54) is 11.3 Å². The number of carbonyl (C=O) groups is 1. The third-order valence-corrected chi connectivity index (χ3v) is 7.94. The van der Waals surface area contributed by atoms with Gasteiger partial charge in [-0.15, -0.1) is 11.3 Å². The van der Waals surface area contributed by atoms with Crippen molar-refractivity contribution in [1.29, 1.82) is 0 Å². The maximum absolute atomic E-state index is 13.5. The van der Waals surface area contributed by atoms with Crippen LogP contribution in [0.1, 0.15) is 52.3 Å². The number of hydrogen-bond donors (Lipinski definition) is 2. The van der Waals surface area contributed by atoms with Crippen LogP contribution >= 0.6 is 11.3 Å². The summed E-state index contributed by atoms with van der Waals surface area (Å²) in [5.41, 5.74) is 8.85. The molecule has 0 radical (unpaired) electrons. The zero-order valence-electron chi connectivity index (χ0n) is 18.4. The molecule has 0 aliphatic carbocycles. The number of aromatic nitrogens is 1. The summed E-state index contributed by atoms with van der Waals surface area (Å²) in [6.45, 7) is 4.43. The largest absolute Gasteiger partial charge is 0.326 e. The molecule has 1 heterocycles. The normalized spacial score (nSPS) is 12.8. The number of thiazole rings is 1. The molecular weight excluding hydrogens is 454 g/mol. The fourth-order valence-corrected chi connectivity index (χ4v) is 5.59. The second kappa shape index (κ2) is 9.52. The molecule has 33 heavy (non-hydrogen) atoms. The van der Waals surface area contributed by atoms with Gasteiger partial charge in [-0.25, -0.2) is 13.4 Å². The molecular formula is C25H25N3O3S2. The minimum absolute atomic E-state index is 0.104. The van der Waals surface area contributed by atoms with E-state index in [0.717, 1.165) is 15.8 Å². The molecule has 0 aliphatic rings. The first-order valence-electron chi connectivity index (χ1n) is 10.6. The summed E-state index contributed by atoms with van der Waals surface area (Å²) in [5, 5.41) is 0.252. The number of Topliss-reactive ketones (excluding diaryl/α,β-unsaturated/α-hetero) is 1. The van der Waals surface area contributed by atoms with Gasteiger partial charge in [0.05, 0.1) is 15.1 Å². The van der Waals surface area contributed by atoms with Crippen molar-refractivity contribution in [2.75, 3.05) is 0 Å². The standard InChI is InChI=1S/C25H25N3O3S2/c1-16(2)18-11-13-20(14-12-18)33(30,31)28-23(19-9-7-17(15-26)8-10-19)24(29)25-27-21-5-3-4-6-22(21)32-25/h3-14,16,23,28H,15,26H2,1-2H3. The summed E-state index contributed by atoms with van der Waals surface area (Å²) in [4.78, 5) is 18.1. The van der Waals surface area contributed by atoms with Gasteiger partial charge in [-0.2, -0.15) is 4.72 Å². The van der Waals surface area contributed by atoms with Gasteiger partial charge in [0.15, 0.2) is 5.01 Å². The number of benzene rings is 3. The van der Waals surface area contributed by atoms with Crippen molar-refractivity contribution in [3.63, 3.8) is 0 Å². The summed E-state index contributed by atoms with van der Waals surface area (Å²) < 4.78 is 29.9. The second-order valence-electron chi connectivity index (χ2n) is 8.07. The SMILES string of the molecule is CC(C)c1ccc(S(=O)(=O)NC(C(=O)c2nc3ccccc3s2)c2ccc(CN)cc2)cc1. The molecule has 4 aromatic rings. The number of hydrogen-bond acceptors (Lipinski definition) is 6. The number of nitrogens with two attached hydrogens (primary N) is 1. The van der Waals surface area contributed by atoms with Crippen molar-refractivity contribution in [3.8, 4) is 0 Å². The topological polar surface area (TPSA) is 102 Å². The smallest absolute Gasteiger partial charge is 0.241 e. The van der Waals surface area contributed by atoms with Gasteiger partial charge in [-0.05, 0) is 46.9 Å². The highest BCUT2D eigenvalue weighted by atomic mass is 32.2. The Morgan fingerprint density at radius 3 is 2.21 bits per heavy atom. The van der Waals surface area contributed by atoms with E-state index in [-0.39, 0.29) is 15.8 Å². The van der Waals surface area contributed by atoms with Crippen LogP contribution in [0.5, 0.6) is 0 Å². The van der Waals surface area contributed by atoms with E-state index in [2.05, 4.69) is 9.71 Å². The van der Waals surface area contributed by atoms with Gasteiger partial charge in [0.1, 0.15) is 6.04 Å². The molecule has 0 bridgehead atoms. The number of rotatable bonds is 8. The third-order valence-electron chi connectivity index (χ3n) is 5.45. The van der Waals surface area contributed by atoms with E-state index in [4.69, 9.17) is 5.73 Å². The van der Waals surface area contributed by atoms with Crippen LogP contribution in [0.3, 0.4) is 0 Å². The Bertz CT molecular complexity index is 1340. The van der Waals surface area contributed by atoms with Crippen LogP contribution in [0, 0.1) is 0 Å². The first kappa shape index (κ1) is 23.3. The maximum atomic E-state index is 13.5. The van der Waals surface area contributed by atoms with E-state index in [9.17, 15) is 13.2 Å². The Kier molecular flexibility index (Phi) is 6.71. The van der Waals surface area contributed by atoms with Crippen molar-refractivity contribution >= 4 is 37.4 Å². The van der Waals surface area contributed by atoms with Crippen molar-refractivity contribution in [1.82, 2.24) is 9.71 Å². The molecule has 6 nitrogen and oxygen atoms in total. The summed E-state index contributed by atoms with van der Waals surface area (Å²) >= 11 is 1.25. The zero-order chi connectivity index (χ0) is 23.6. The van der Waals surface area contributed by atoms with Gasteiger partial charge in [0.2, 0.25) is 15.8 Å². The molecule has 8 heteroatoms. The van der Waals surface area contributed by atoms with E-state index in [1.807, 2.05) is 38.1 Å². The lowest BCUT2D eigenvalue weighted by Crippen LogP contribution is -2.34. The Labute approximate surface area is 197 Å². The average molecular weight is 480 g/mol. The minimum atomic E-state index is -3.97. The Hall–Kier alpha value is -2.91. The van der Waals surface area contributed by atoms with Crippen molar-refractivity contribution in [2.24, 2.45) is 5.73 Å². The fourth-order valence-electron chi connectivity index (χ4n) is 3.48. The number of ketones is 1. The Morgan fingerprint density at radius 1 is 0.970 bits per heavy atom. The molecule has 0 aliphatic heterocycles. The molecule has 1 atom stereocenters. The van der Waals surface area contributed by atoms with E-state index in [0.29, 0.717) is 17.6 Å². The van der Waals surface area contributed by atoms with E-state index in [1.54, 1.807) is 48.5 Å². The van der Waals surface area contributed by atoms with Crippen molar-refractivity contribution < 1.29 is 13.2 Å². The summed E-state index contributed by atoms with van der Waals surface area (Å²) in [7, 11) is -3.97. The molecule has 0 spiro atoms. The number of carbonyl (C=O) groups excluding carboxylic acids is 1. The van der Waals surface area contributed by atoms with Crippen LogP contribution in [0.4, 0.5) is 0 Å². The lowest BCUT2D eigenvalue weighted by Gasteiger charge is -2.18. The maximum Gasteiger partial charge on any atom is 0.241 e. The minimum Gasteiger partial charge on any atom is -0.326 e. The van der Waals surface area contributed by atoms with Gasteiger partial charge in [-0.1, -0.05) is 62.4 Å². The van der Waals surface area contributed by atoms with Crippen LogP contribution in [0.2, 0.25) is 0 Å². The number of nitrogens with zero attached hydrogens (tertiary/aromatic N) is 1. The predicted octanol–water partition coefficient (Wildman–Crippen LogP) is 4.78. The summed E-state index contributed by atoms with van der Waals surface area (Å²) in [6, 6.07) is 20.1. The summed E-state index contributed by atoms with van der Waals surface area (Å²) in [5.74, 6) is -0.122. The highest BCUT2D eigenvalue weighted by Gasteiger charge is 2.30. The zero-order valence-corrected chi connectivity index (χ0v) is 20.0. The van der Waals surface area contributed by atoms with Gasteiger partial charge < -0.3 is 5.73 Å². The molecule has 3 N–H and O–H groups in total. The first-order valence-corrected chi connectivity index (χ1v) is 12.9. The number of sulfonamides is 1. The van der Waals surface area contributed by atoms with Gasteiger partial charge >= 0.3 is 0 Å². The Balaban J connectivity index is 1.72. The van der Waals surface area contributed by atoms with Gasteiger partial charge in [-0.3, -0.25) is 4.79 Å². The molecule has 0 amide bonds. The van der Waals surface area contributed by atoms with Crippen LogP contribution in [0.25, 0.3) is 10.2 Å². The van der Waals surface area contributed by atoms with Gasteiger partial charge in [0.25, 0.3) is 0 Å². The molecule has 1 aromatic heterocycles. The molecule has 3 aromatic carbocycles. The van der Waals surface area contributed by atoms with Crippen LogP contribution in [-0.4, -0.2) is 19.2 Å². The quantitative estimate of drug-likeness (QED) is 0.354. The number of fused-ring (bicyclic) bond motifs is 1. The van der Waals surface area contributed by atoms with Gasteiger partial charge in [0, 0.05) is 6.54 Å². The lowest BCUT2D eigenvalue weighted by atomic mass is 10.0. The van der Waals surface area contributed by atoms with Crippen molar-refractivity contribution in [3.05, 3.63) is 94.5 Å². The molecule has 4 rings (SSSR count). The second-order valence-corrected chi connectivity index (χ2v) is 10.8. The average Bonchev–Trinajstić information content (AvgIpc) is 3.27. The van der Waals surface area contributed by atoms with E-state index < -0.39 is 21.8 Å². The highest BCUT2D eigenvalue weighted by Crippen LogP contribution is 2.28. The van der Waals surface area contributed by atoms with Crippen LogP contribution < -0.4 is 10.5 Å². The molecule has 170 valence electrons. The fraction of sp³-hybridized carbons (Fsp3) is 0.200. The van der Waals surface area contributed by atoms with E-state index >= 15 is 0 Å². The van der Waals surface area contributed by atoms with Crippen molar-refractivity contribution in [2.45, 2.75) is 37.2 Å². The number of para-hydroxylation sites is 1.